The van der Waals surface area contributed by atoms with Gasteiger partial charge < -0.3 is 14.7 Å². The Kier molecular flexibility index (Phi) is 4.05. The first kappa shape index (κ1) is 15.6. The summed E-state index contributed by atoms with van der Waals surface area (Å²) in [6, 6.07) is 9.41. The second kappa shape index (κ2) is 6.51. The lowest BCUT2D eigenvalue weighted by atomic mass is 10.1. The van der Waals surface area contributed by atoms with Gasteiger partial charge in [-0.1, -0.05) is 18.2 Å². The summed E-state index contributed by atoms with van der Waals surface area (Å²) in [4.78, 5) is 20.0. The van der Waals surface area contributed by atoms with Gasteiger partial charge in [0.1, 0.15) is 12.2 Å². The molecule has 2 aromatic heterocycles. The Bertz CT molecular complexity index is 866. The molecule has 1 aliphatic carbocycles. The molecule has 1 fully saturated rings. The molecule has 0 radical (unpaired) electrons. The Morgan fingerprint density at radius 2 is 2.12 bits per heavy atom. The lowest BCUT2D eigenvalue weighted by Crippen LogP contribution is -2.32. The van der Waals surface area contributed by atoms with Crippen LogP contribution in [0.25, 0.3) is 11.5 Å². The summed E-state index contributed by atoms with van der Waals surface area (Å²) in [6.45, 7) is 1.95. The molecule has 1 aliphatic rings. The number of rotatable bonds is 6. The molecule has 7 heteroatoms. The van der Waals surface area contributed by atoms with Crippen molar-refractivity contribution < 1.29 is 9.21 Å². The number of aryl methyl sites for hydroxylation is 1. The summed E-state index contributed by atoms with van der Waals surface area (Å²) in [5, 5.41) is 11.0. The number of carbonyl (C=O) groups is 1. The first-order chi connectivity index (χ1) is 12.2. The molecule has 25 heavy (non-hydrogen) atoms. The summed E-state index contributed by atoms with van der Waals surface area (Å²) < 4.78 is 5.60. The van der Waals surface area contributed by atoms with Gasteiger partial charge in [0.2, 0.25) is 17.7 Å². The number of aromatic amines is 1. The zero-order chi connectivity index (χ0) is 17.2. The van der Waals surface area contributed by atoms with E-state index in [-0.39, 0.29) is 18.4 Å². The predicted octanol–water partition coefficient (Wildman–Crippen LogP) is 2.58. The quantitative estimate of drug-likeness (QED) is 0.720. The molecule has 1 amide bonds. The van der Waals surface area contributed by atoms with E-state index in [0.717, 1.165) is 29.9 Å². The van der Waals surface area contributed by atoms with Gasteiger partial charge in [-0.2, -0.15) is 0 Å². The van der Waals surface area contributed by atoms with Crippen molar-refractivity contribution >= 4 is 5.91 Å². The molecule has 0 bridgehead atoms. The second-order valence-electron chi connectivity index (χ2n) is 6.38. The third-order valence-electron chi connectivity index (χ3n) is 4.23. The summed E-state index contributed by atoms with van der Waals surface area (Å²) in [6.07, 6.45) is 4.04. The number of nitrogens with zero attached hydrogens (tertiary/aromatic N) is 3. The highest BCUT2D eigenvalue weighted by atomic mass is 16.4. The van der Waals surface area contributed by atoms with E-state index in [9.17, 15) is 4.79 Å². The van der Waals surface area contributed by atoms with Crippen LogP contribution in [-0.2, 0) is 11.2 Å². The third kappa shape index (κ3) is 3.60. The van der Waals surface area contributed by atoms with Crippen LogP contribution in [0.2, 0.25) is 0 Å². The zero-order valence-electron chi connectivity index (χ0n) is 13.9. The Morgan fingerprint density at radius 1 is 1.32 bits per heavy atom. The van der Waals surface area contributed by atoms with E-state index < -0.39 is 0 Å². The molecule has 3 aromatic rings. The van der Waals surface area contributed by atoms with Crippen molar-refractivity contribution in [3.8, 4) is 11.5 Å². The Hall–Kier alpha value is -2.96. The van der Waals surface area contributed by atoms with Crippen LogP contribution in [0.4, 0.5) is 0 Å². The van der Waals surface area contributed by atoms with E-state index in [0.29, 0.717) is 17.7 Å². The van der Waals surface area contributed by atoms with Crippen molar-refractivity contribution in [2.24, 2.45) is 5.92 Å². The van der Waals surface area contributed by atoms with E-state index >= 15 is 0 Å². The summed E-state index contributed by atoms with van der Waals surface area (Å²) >= 11 is 0. The summed E-state index contributed by atoms with van der Waals surface area (Å²) in [5.74, 6) is 1.83. The highest BCUT2D eigenvalue weighted by Gasteiger charge is 2.35. The minimum atomic E-state index is -0.144. The number of imidazole rings is 1. The fourth-order valence-electron chi connectivity index (χ4n) is 2.81. The molecule has 0 aliphatic heterocycles. The van der Waals surface area contributed by atoms with E-state index in [1.54, 1.807) is 6.20 Å². The minimum absolute atomic E-state index is 0.0583. The molecule has 1 saturated carbocycles. The number of amides is 1. The molecule has 4 rings (SSSR count). The van der Waals surface area contributed by atoms with Gasteiger partial charge in [0.15, 0.2) is 0 Å². The van der Waals surface area contributed by atoms with E-state index in [2.05, 4.69) is 25.5 Å². The molecule has 1 unspecified atom stereocenters. The fourth-order valence-corrected chi connectivity index (χ4v) is 2.81. The van der Waals surface area contributed by atoms with Crippen LogP contribution in [0.1, 0.15) is 36.3 Å². The lowest BCUT2D eigenvalue weighted by Gasteiger charge is -2.15. The Labute approximate surface area is 144 Å². The maximum absolute atomic E-state index is 12.4. The molecule has 2 N–H and O–H groups in total. The van der Waals surface area contributed by atoms with Crippen molar-refractivity contribution in [2.45, 2.75) is 32.2 Å². The largest absolute Gasteiger partial charge is 0.420 e. The average Bonchev–Trinajstić information content (AvgIpc) is 3.20. The van der Waals surface area contributed by atoms with Gasteiger partial charge in [-0.05, 0) is 37.8 Å². The molecule has 1 atom stereocenters. The molecule has 0 saturated heterocycles. The smallest absolute Gasteiger partial charge is 0.247 e. The van der Waals surface area contributed by atoms with Gasteiger partial charge in [-0.25, -0.2) is 4.98 Å². The minimum Gasteiger partial charge on any atom is -0.420 e. The van der Waals surface area contributed by atoms with Crippen molar-refractivity contribution in [2.75, 3.05) is 0 Å². The van der Waals surface area contributed by atoms with Crippen molar-refractivity contribution in [1.29, 1.82) is 0 Å². The number of hydrogen-bond acceptors (Lipinski definition) is 5. The van der Waals surface area contributed by atoms with Crippen LogP contribution in [0.15, 0.2) is 40.9 Å². The molecular formula is C18H19N5O2. The van der Waals surface area contributed by atoms with E-state index in [1.807, 2.05) is 37.3 Å². The zero-order valence-corrected chi connectivity index (χ0v) is 13.9. The van der Waals surface area contributed by atoms with Gasteiger partial charge >= 0.3 is 0 Å². The number of benzene rings is 1. The maximum atomic E-state index is 12.4. The van der Waals surface area contributed by atoms with E-state index in [1.165, 1.54) is 0 Å². The fraction of sp³-hybridized carbons (Fsp3) is 0.333. The second-order valence-corrected chi connectivity index (χ2v) is 6.38. The topological polar surface area (TPSA) is 96.7 Å². The molecule has 2 heterocycles. The number of aromatic nitrogens is 4. The average molecular weight is 337 g/mol. The van der Waals surface area contributed by atoms with Gasteiger partial charge in [-0.3, -0.25) is 4.79 Å². The first-order valence-corrected chi connectivity index (χ1v) is 8.38. The number of H-pyrrole nitrogens is 1. The van der Waals surface area contributed by atoms with Gasteiger partial charge in [0, 0.05) is 17.5 Å². The normalized spacial score (nSPS) is 15.1. The van der Waals surface area contributed by atoms with Crippen molar-refractivity contribution in [3.63, 3.8) is 0 Å². The molecular weight excluding hydrogens is 318 g/mol. The van der Waals surface area contributed by atoms with Crippen LogP contribution in [0, 0.1) is 12.8 Å². The van der Waals surface area contributed by atoms with E-state index in [4.69, 9.17) is 4.42 Å². The SMILES string of the molecule is Cc1cnc(C(NC(=O)Cc2nnc(-c3ccccc3)o2)C2CC2)[nH]1. The number of carbonyl (C=O) groups excluding carboxylic acids is 1. The monoisotopic (exact) mass is 337 g/mol. The lowest BCUT2D eigenvalue weighted by molar-refractivity contribution is -0.121. The van der Waals surface area contributed by atoms with Crippen LogP contribution in [-0.4, -0.2) is 26.1 Å². The first-order valence-electron chi connectivity index (χ1n) is 8.38. The summed E-state index contributed by atoms with van der Waals surface area (Å²) in [5.41, 5.74) is 1.82. The molecule has 128 valence electrons. The molecule has 1 aromatic carbocycles. The van der Waals surface area contributed by atoms with Crippen LogP contribution < -0.4 is 5.32 Å². The molecule has 7 nitrogen and oxygen atoms in total. The van der Waals surface area contributed by atoms with Crippen molar-refractivity contribution in [1.82, 2.24) is 25.5 Å². The standard InChI is InChI=1S/C18H19N5O2/c1-11-10-19-17(20-11)16(12-7-8-12)21-14(24)9-15-22-23-18(25-15)13-5-3-2-4-6-13/h2-6,10,12,16H,7-9H2,1H3,(H,19,20)(H,21,24). The van der Waals surface area contributed by atoms with Gasteiger partial charge in [0.05, 0.1) is 6.04 Å². The third-order valence-corrected chi connectivity index (χ3v) is 4.23. The van der Waals surface area contributed by atoms with Crippen LogP contribution in [0.3, 0.4) is 0 Å². The van der Waals surface area contributed by atoms with Gasteiger partial charge in [-0.15, -0.1) is 10.2 Å². The number of hydrogen-bond donors (Lipinski definition) is 2. The Morgan fingerprint density at radius 3 is 2.80 bits per heavy atom. The maximum Gasteiger partial charge on any atom is 0.247 e. The highest BCUT2D eigenvalue weighted by molar-refractivity contribution is 5.78. The molecule has 0 spiro atoms. The Balaban J connectivity index is 1.42. The van der Waals surface area contributed by atoms with Crippen LogP contribution >= 0.6 is 0 Å². The highest BCUT2D eigenvalue weighted by Crippen LogP contribution is 2.40. The van der Waals surface area contributed by atoms with Gasteiger partial charge in [0.25, 0.3) is 0 Å². The van der Waals surface area contributed by atoms with Crippen molar-refractivity contribution in [3.05, 3.63) is 53.9 Å². The van der Waals surface area contributed by atoms with Crippen LogP contribution in [0.5, 0.6) is 0 Å². The summed E-state index contributed by atoms with van der Waals surface area (Å²) in [7, 11) is 0. The number of nitrogens with one attached hydrogen (secondary N) is 2. The predicted molar refractivity (Wildman–Crippen MR) is 90.4 cm³/mol.